The van der Waals surface area contributed by atoms with Gasteiger partial charge in [-0.15, -0.1) is 0 Å². The van der Waals surface area contributed by atoms with Crippen molar-refractivity contribution in [2.45, 2.75) is 38.6 Å². The molecule has 4 rings (SSSR count). The van der Waals surface area contributed by atoms with Gasteiger partial charge in [0, 0.05) is 35.5 Å². The third-order valence-electron chi connectivity index (χ3n) is 5.29. The molecule has 0 amide bonds. The Morgan fingerprint density at radius 3 is 3.05 bits per heavy atom. The number of benzene rings is 1. The first kappa shape index (κ1) is 13.1. The standard InChI is InChI=1S/C18H22N2O/c1-2-16(21)14-7-5-10-20-11-9-13-12-6-3-4-8-15(12)19-17(13)18(14)20/h3-4,6,8,14,18-19H,2,5,7,9-11H2,1H3/t14-,18?/m1/s1. The van der Waals surface area contributed by atoms with Gasteiger partial charge in [-0.25, -0.2) is 0 Å². The number of H-pyrrole nitrogens is 1. The molecule has 1 unspecified atom stereocenters. The van der Waals surface area contributed by atoms with Gasteiger partial charge in [0.05, 0.1) is 6.04 Å². The fourth-order valence-electron chi connectivity index (χ4n) is 4.30. The van der Waals surface area contributed by atoms with E-state index >= 15 is 0 Å². The number of aromatic nitrogens is 1. The van der Waals surface area contributed by atoms with Gasteiger partial charge in [0.25, 0.3) is 0 Å². The normalized spacial score (nSPS) is 25.6. The molecule has 2 atom stereocenters. The summed E-state index contributed by atoms with van der Waals surface area (Å²) in [4.78, 5) is 18.6. The van der Waals surface area contributed by atoms with Crippen molar-refractivity contribution in [2.24, 2.45) is 5.92 Å². The van der Waals surface area contributed by atoms with E-state index in [1.54, 1.807) is 0 Å². The Bertz CT molecular complexity index is 688. The van der Waals surface area contributed by atoms with Crippen LogP contribution >= 0.6 is 0 Å². The second-order valence-electron chi connectivity index (χ2n) is 6.36. The maximum Gasteiger partial charge on any atom is 0.137 e. The van der Waals surface area contributed by atoms with Gasteiger partial charge < -0.3 is 4.98 Å². The minimum atomic E-state index is 0.177. The van der Waals surface area contributed by atoms with Gasteiger partial charge in [-0.2, -0.15) is 0 Å². The van der Waals surface area contributed by atoms with Gasteiger partial charge in [-0.05, 0) is 37.4 Å². The van der Waals surface area contributed by atoms with Crippen LogP contribution in [0.2, 0.25) is 0 Å². The molecule has 2 aliphatic rings. The number of ketones is 1. The maximum atomic E-state index is 12.4. The average Bonchev–Trinajstić information content (AvgIpc) is 2.92. The van der Waals surface area contributed by atoms with Gasteiger partial charge in [-0.1, -0.05) is 25.1 Å². The highest BCUT2D eigenvalue weighted by Gasteiger charge is 2.40. The molecule has 1 N–H and O–H groups in total. The number of nitrogens with one attached hydrogen (secondary N) is 1. The van der Waals surface area contributed by atoms with Crippen molar-refractivity contribution < 1.29 is 4.79 Å². The Morgan fingerprint density at radius 1 is 1.33 bits per heavy atom. The third kappa shape index (κ3) is 1.95. The van der Waals surface area contributed by atoms with E-state index in [1.807, 2.05) is 6.92 Å². The van der Waals surface area contributed by atoms with Crippen LogP contribution in [0.15, 0.2) is 24.3 Å². The van der Waals surface area contributed by atoms with Crippen molar-refractivity contribution in [3.05, 3.63) is 35.5 Å². The van der Waals surface area contributed by atoms with Gasteiger partial charge in [0.2, 0.25) is 0 Å². The molecule has 1 aromatic carbocycles. The number of hydrogen-bond acceptors (Lipinski definition) is 2. The molecule has 2 aromatic rings. The van der Waals surface area contributed by atoms with Gasteiger partial charge >= 0.3 is 0 Å². The van der Waals surface area contributed by atoms with Crippen molar-refractivity contribution in [1.29, 1.82) is 0 Å². The smallest absolute Gasteiger partial charge is 0.137 e. The number of Topliss-reactive ketones (excluding diaryl/α,β-unsaturated/α-hetero) is 1. The minimum absolute atomic E-state index is 0.177. The number of hydrogen-bond donors (Lipinski definition) is 1. The molecule has 0 saturated carbocycles. The number of aromatic amines is 1. The molecule has 2 aliphatic heterocycles. The van der Waals surface area contributed by atoms with Crippen LogP contribution in [-0.4, -0.2) is 28.8 Å². The van der Waals surface area contributed by atoms with Crippen LogP contribution < -0.4 is 0 Å². The zero-order chi connectivity index (χ0) is 14.4. The maximum absolute atomic E-state index is 12.4. The Balaban J connectivity index is 1.85. The number of carbonyl (C=O) groups excluding carboxylic acids is 1. The average molecular weight is 282 g/mol. The molecule has 1 aromatic heterocycles. The molecule has 0 aliphatic carbocycles. The Labute approximate surface area is 125 Å². The highest BCUT2D eigenvalue weighted by molar-refractivity contribution is 5.86. The minimum Gasteiger partial charge on any atom is -0.357 e. The first-order valence-electron chi connectivity index (χ1n) is 8.16. The van der Waals surface area contributed by atoms with Gasteiger partial charge in [-0.3, -0.25) is 9.69 Å². The molecule has 0 bridgehead atoms. The summed E-state index contributed by atoms with van der Waals surface area (Å²) in [5.41, 5.74) is 3.98. The predicted octanol–water partition coefficient (Wildman–Crippen LogP) is 3.46. The molecule has 0 spiro atoms. The summed E-state index contributed by atoms with van der Waals surface area (Å²) >= 11 is 0. The molecule has 0 radical (unpaired) electrons. The molecule has 3 nitrogen and oxygen atoms in total. The lowest BCUT2D eigenvalue weighted by molar-refractivity contribution is -0.126. The van der Waals surface area contributed by atoms with Crippen LogP contribution in [0.4, 0.5) is 0 Å². The third-order valence-corrected chi connectivity index (χ3v) is 5.29. The number of piperidine rings is 1. The SMILES string of the molecule is CCC(=O)[C@H]1CCCN2CCc3c([nH]c4ccccc34)C12. The van der Waals surface area contributed by atoms with E-state index < -0.39 is 0 Å². The fraction of sp³-hybridized carbons (Fsp3) is 0.500. The zero-order valence-corrected chi connectivity index (χ0v) is 12.6. The van der Waals surface area contributed by atoms with Crippen molar-refractivity contribution in [1.82, 2.24) is 9.88 Å². The lowest BCUT2D eigenvalue weighted by Crippen LogP contribution is -2.45. The fourth-order valence-corrected chi connectivity index (χ4v) is 4.30. The van der Waals surface area contributed by atoms with Crippen LogP contribution in [0.3, 0.4) is 0 Å². The largest absolute Gasteiger partial charge is 0.357 e. The molecule has 3 heteroatoms. The Morgan fingerprint density at radius 2 is 2.19 bits per heavy atom. The van der Waals surface area contributed by atoms with Crippen LogP contribution in [0.1, 0.15) is 43.5 Å². The monoisotopic (exact) mass is 282 g/mol. The zero-order valence-electron chi connectivity index (χ0n) is 12.6. The van der Waals surface area contributed by atoms with Crippen LogP contribution in [0.5, 0.6) is 0 Å². The van der Waals surface area contributed by atoms with Crippen molar-refractivity contribution in [3.8, 4) is 0 Å². The second-order valence-corrected chi connectivity index (χ2v) is 6.36. The first-order chi connectivity index (χ1) is 10.3. The first-order valence-corrected chi connectivity index (χ1v) is 8.16. The predicted molar refractivity (Wildman–Crippen MR) is 84.3 cm³/mol. The Hall–Kier alpha value is -1.61. The summed E-state index contributed by atoms with van der Waals surface area (Å²) < 4.78 is 0. The lowest BCUT2D eigenvalue weighted by atomic mass is 9.79. The summed E-state index contributed by atoms with van der Waals surface area (Å²) in [6, 6.07) is 8.83. The van der Waals surface area contributed by atoms with Crippen molar-refractivity contribution in [2.75, 3.05) is 13.1 Å². The quantitative estimate of drug-likeness (QED) is 0.915. The summed E-state index contributed by atoms with van der Waals surface area (Å²) in [6.45, 7) is 4.22. The number of rotatable bonds is 2. The van der Waals surface area contributed by atoms with Gasteiger partial charge in [0.15, 0.2) is 0 Å². The summed E-state index contributed by atoms with van der Waals surface area (Å²) in [6.07, 6.45) is 3.96. The molecule has 1 fully saturated rings. The van der Waals surface area contributed by atoms with Crippen LogP contribution in [0.25, 0.3) is 10.9 Å². The highest BCUT2D eigenvalue weighted by atomic mass is 16.1. The number of carbonyl (C=O) groups is 1. The lowest BCUT2D eigenvalue weighted by Gasteiger charge is -2.43. The highest BCUT2D eigenvalue weighted by Crippen LogP contribution is 2.43. The van der Waals surface area contributed by atoms with E-state index in [2.05, 4.69) is 34.1 Å². The van der Waals surface area contributed by atoms with E-state index in [9.17, 15) is 4.79 Å². The summed E-state index contributed by atoms with van der Waals surface area (Å²) in [5, 5.41) is 1.35. The van der Waals surface area contributed by atoms with E-state index in [0.717, 1.165) is 32.4 Å². The van der Waals surface area contributed by atoms with Crippen LogP contribution in [0, 0.1) is 5.92 Å². The molecule has 21 heavy (non-hydrogen) atoms. The molecule has 1 saturated heterocycles. The van der Waals surface area contributed by atoms with E-state index in [4.69, 9.17) is 0 Å². The topological polar surface area (TPSA) is 36.1 Å². The van der Waals surface area contributed by atoms with Crippen molar-refractivity contribution in [3.63, 3.8) is 0 Å². The summed E-state index contributed by atoms with van der Waals surface area (Å²) in [5.74, 6) is 0.604. The van der Waals surface area contributed by atoms with Crippen LogP contribution in [-0.2, 0) is 11.2 Å². The number of nitrogens with zero attached hydrogens (tertiary/aromatic N) is 1. The number of fused-ring (bicyclic) bond motifs is 5. The van der Waals surface area contributed by atoms with E-state index in [-0.39, 0.29) is 12.0 Å². The second kappa shape index (κ2) is 4.99. The Kier molecular flexibility index (Phi) is 3.11. The number of para-hydroxylation sites is 1. The molecular weight excluding hydrogens is 260 g/mol. The molecule has 110 valence electrons. The molecular formula is C18H22N2O. The summed E-state index contributed by atoms with van der Waals surface area (Å²) in [7, 11) is 0. The van der Waals surface area contributed by atoms with Gasteiger partial charge in [0.1, 0.15) is 5.78 Å². The van der Waals surface area contributed by atoms with Crippen molar-refractivity contribution >= 4 is 16.7 Å². The van der Waals surface area contributed by atoms with E-state index in [0.29, 0.717) is 12.2 Å². The van der Waals surface area contributed by atoms with E-state index in [1.165, 1.54) is 22.2 Å². The molecule has 3 heterocycles.